The van der Waals surface area contributed by atoms with Gasteiger partial charge in [0, 0.05) is 10.9 Å². The van der Waals surface area contributed by atoms with Crippen LogP contribution in [0.2, 0.25) is 0 Å². The molecule has 0 saturated carbocycles. The van der Waals surface area contributed by atoms with Gasteiger partial charge in [0.15, 0.2) is 11.6 Å². The molecule has 1 heterocycles. The van der Waals surface area contributed by atoms with Crippen molar-refractivity contribution in [3.63, 3.8) is 0 Å². The van der Waals surface area contributed by atoms with Crippen molar-refractivity contribution in [1.82, 2.24) is 10.3 Å². The van der Waals surface area contributed by atoms with Crippen LogP contribution in [0.5, 0.6) is 5.75 Å². The van der Waals surface area contributed by atoms with E-state index in [9.17, 15) is 9.18 Å². The van der Waals surface area contributed by atoms with Gasteiger partial charge >= 0.3 is 0 Å². The molecule has 2 N–H and O–H groups in total. The minimum absolute atomic E-state index is 0.0587. The number of fused-ring (bicyclic) bond motifs is 1. The van der Waals surface area contributed by atoms with E-state index >= 15 is 0 Å². The van der Waals surface area contributed by atoms with E-state index in [1.54, 1.807) is 18.2 Å². The van der Waals surface area contributed by atoms with Gasteiger partial charge in [-0.25, -0.2) is 4.39 Å². The molecule has 1 amide bonds. The summed E-state index contributed by atoms with van der Waals surface area (Å²) in [5, 5.41) is 3.68. The molecule has 0 radical (unpaired) electrons. The van der Waals surface area contributed by atoms with E-state index in [1.807, 2.05) is 24.3 Å². The number of aromatic nitrogens is 1. The summed E-state index contributed by atoms with van der Waals surface area (Å²) in [6.07, 6.45) is 0. The largest absolute Gasteiger partial charge is 0.478 e. The molecule has 120 valence electrons. The van der Waals surface area contributed by atoms with E-state index in [-0.39, 0.29) is 24.8 Å². The smallest absolute Gasteiger partial charge is 0.268 e. The van der Waals surface area contributed by atoms with Crippen molar-refractivity contribution in [1.29, 1.82) is 0 Å². The molecular weight excluding hydrogens is 307 g/mol. The predicted octanol–water partition coefficient (Wildman–Crippen LogP) is 3.12. The summed E-state index contributed by atoms with van der Waals surface area (Å²) in [5.41, 5.74) is 1.40. The van der Waals surface area contributed by atoms with Gasteiger partial charge < -0.3 is 15.0 Å². The van der Waals surface area contributed by atoms with E-state index in [4.69, 9.17) is 4.74 Å². The van der Waals surface area contributed by atoms with Crippen LogP contribution in [0.1, 0.15) is 10.5 Å². The Morgan fingerprint density at radius 1 is 1.12 bits per heavy atom. The number of aromatic amines is 1. The van der Waals surface area contributed by atoms with Crippen molar-refractivity contribution >= 4 is 16.8 Å². The van der Waals surface area contributed by atoms with E-state index < -0.39 is 5.82 Å². The van der Waals surface area contributed by atoms with Gasteiger partial charge in [0.2, 0.25) is 0 Å². The standard InChI is InChI=1S/C19H15FN2O2/c20-15-8-2-4-10-18(15)24-12-6-5-11-21-19(23)17-13-14-7-1-3-9-16(14)22-17/h1-4,7-10,13,22H,11-12H2,(H,21,23). The number of benzene rings is 2. The number of para-hydroxylation sites is 2. The summed E-state index contributed by atoms with van der Waals surface area (Å²) in [4.78, 5) is 15.1. The van der Waals surface area contributed by atoms with Crippen LogP contribution in [0, 0.1) is 17.7 Å². The zero-order chi connectivity index (χ0) is 16.8. The summed E-state index contributed by atoms with van der Waals surface area (Å²) < 4.78 is 18.5. The van der Waals surface area contributed by atoms with Crippen LogP contribution < -0.4 is 10.1 Å². The van der Waals surface area contributed by atoms with Crippen molar-refractivity contribution < 1.29 is 13.9 Å². The van der Waals surface area contributed by atoms with Crippen LogP contribution in [0.15, 0.2) is 54.6 Å². The molecule has 0 aliphatic heterocycles. The minimum Gasteiger partial charge on any atom is -0.478 e. The molecule has 0 aliphatic rings. The van der Waals surface area contributed by atoms with E-state index in [0.29, 0.717) is 5.69 Å². The SMILES string of the molecule is O=C(NCC#CCOc1ccccc1F)c1cc2ccccc2[nH]1. The van der Waals surface area contributed by atoms with Crippen LogP contribution in [0.25, 0.3) is 10.9 Å². The van der Waals surface area contributed by atoms with Crippen molar-refractivity contribution in [3.8, 4) is 17.6 Å². The van der Waals surface area contributed by atoms with Gasteiger partial charge in [0.05, 0.1) is 6.54 Å². The van der Waals surface area contributed by atoms with Gasteiger partial charge in [-0.05, 0) is 24.3 Å². The monoisotopic (exact) mass is 322 g/mol. The number of carbonyl (C=O) groups is 1. The number of nitrogens with one attached hydrogen (secondary N) is 2. The molecule has 0 fully saturated rings. The zero-order valence-electron chi connectivity index (χ0n) is 12.8. The lowest BCUT2D eigenvalue weighted by molar-refractivity contribution is 0.0954. The van der Waals surface area contributed by atoms with Crippen LogP contribution in [-0.2, 0) is 0 Å². The molecule has 5 heteroatoms. The highest BCUT2D eigenvalue weighted by atomic mass is 19.1. The van der Waals surface area contributed by atoms with Gasteiger partial charge in [-0.2, -0.15) is 0 Å². The van der Waals surface area contributed by atoms with Gasteiger partial charge in [-0.3, -0.25) is 4.79 Å². The van der Waals surface area contributed by atoms with Crippen LogP contribution in [0.4, 0.5) is 4.39 Å². The highest BCUT2D eigenvalue weighted by Crippen LogP contribution is 2.15. The second kappa shape index (κ2) is 7.34. The van der Waals surface area contributed by atoms with Crippen LogP contribution in [-0.4, -0.2) is 24.0 Å². The second-order valence-electron chi connectivity index (χ2n) is 5.03. The third kappa shape index (κ3) is 3.73. The average Bonchev–Trinajstić information content (AvgIpc) is 3.03. The van der Waals surface area contributed by atoms with Gasteiger partial charge in [0.25, 0.3) is 5.91 Å². The van der Waals surface area contributed by atoms with Crippen molar-refractivity contribution in [3.05, 3.63) is 66.1 Å². The summed E-state index contributed by atoms with van der Waals surface area (Å²) in [6.45, 7) is 0.248. The molecule has 1 aromatic heterocycles. The molecule has 3 rings (SSSR count). The highest BCUT2D eigenvalue weighted by molar-refractivity contribution is 5.98. The first-order chi connectivity index (χ1) is 11.7. The summed E-state index contributed by atoms with van der Waals surface area (Å²) in [6, 6.07) is 15.6. The number of carbonyl (C=O) groups excluding carboxylic acids is 1. The zero-order valence-corrected chi connectivity index (χ0v) is 12.8. The fourth-order valence-corrected chi connectivity index (χ4v) is 2.20. The molecule has 2 aromatic carbocycles. The van der Waals surface area contributed by atoms with E-state index in [1.165, 1.54) is 12.1 Å². The molecule has 0 bridgehead atoms. The second-order valence-corrected chi connectivity index (χ2v) is 5.03. The third-order valence-electron chi connectivity index (χ3n) is 3.37. The molecular formula is C19H15FN2O2. The molecule has 0 spiro atoms. The Morgan fingerprint density at radius 3 is 2.75 bits per heavy atom. The number of amides is 1. The number of halogens is 1. The lowest BCUT2D eigenvalue weighted by Crippen LogP contribution is -2.23. The van der Waals surface area contributed by atoms with Crippen molar-refractivity contribution in [2.75, 3.05) is 13.2 Å². The first-order valence-electron chi connectivity index (χ1n) is 7.43. The van der Waals surface area contributed by atoms with E-state index in [0.717, 1.165) is 10.9 Å². The van der Waals surface area contributed by atoms with Gasteiger partial charge in [-0.15, -0.1) is 0 Å². The maximum atomic E-state index is 13.3. The normalized spacial score (nSPS) is 10.0. The maximum absolute atomic E-state index is 13.3. The predicted molar refractivity (Wildman–Crippen MR) is 90.3 cm³/mol. The maximum Gasteiger partial charge on any atom is 0.268 e. The Balaban J connectivity index is 1.48. The topological polar surface area (TPSA) is 54.1 Å². The Morgan fingerprint density at radius 2 is 1.92 bits per heavy atom. The minimum atomic E-state index is -0.425. The van der Waals surface area contributed by atoms with Gasteiger partial charge in [0.1, 0.15) is 12.3 Å². The first-order valence-corrected chi connectivity index (χ1v) is 7.43. The molecule has 4 nitrogen and oxygen atoms in total. The Labute approximate surface area is 138 Å². The Bertz CT molecular complexity index is 889. The third-order valence-corrected chi connectivity index (χ3v) is 3.37. The summed E-state index contributed by atoms with van der Waals surface area (Å²) in [7, 11) is 0. The molecule has 0 saturated heterocycles. The first kappa shape index (κ1) is 15.6. The number of H-pyrrole nitrogens is 1. The van der Waals surface area contributed by atoms with Crippen molar-refractivity contribution in [2.24, 2.45) is 0 Å². The van der Waals surface area contributed by atoms with E-state index in [2.05, 4.69) is 22.1 Å². The molecule has 0 aliphatic carbocycles. The number of ether oxygens (including phenoxy) is 1. The Kier molecular flexibility index (Phi) is 4.78. The fourth-order valence-electron chi connectivity index (χ4n) is 2.20. The number of rotatable bonds is 4. The highest BCUT2D eigenvalue weighted by Gasteiger charge is 2.07. The Hall–Kier alpha value is -3.26. The fraction of sp³-hybridized carbons (Fsp3) is 0.105. The molecule has 0 unspecified atom stereocenters. The summed E-state index contributed by atoms with van der Waals surface area (Å²) in [5.74, 6) is 5.01. The molecule has 24 heavy (non-hydrogen) atoms. The lowest BCUT2D eigenvalue weighted by Gasteiger charge is -2.02. The lowest BCUT2D eigenvalue weighted by atomic mass is 10.2. The number of hydrogen-bond acceptors (Lipinski definition) is 2. The van der Waals surface area contributed by atoms with Gasteiger partial charge in [-0.1, -0.05) is 42.2 Å². The van der Waals surface area contributed by atoms with Crippen LogP contribution in [0.3, 0.4) is 0 Å². The quantitative estimate of drug-likeness (QED) is 0.725. The van der Waals surface area contributed by atoms with Crippen LogP contribution >= 0.6 is 0 Å². The van der Waals surface area contributed by atoms with Crippen molar-refractivity contribution in [2.45, 2.75) is 0 Å². The summed E-state index contributed by atoms with van der Waals surface area (Å²) >= 11 is 0. The molecule has 0 atom stereocenters. The number of hydrogen-bond donors (Lipinski definition) is 2. The molecule has 3 aromatic rings. The average molecular weight is 322 g/mol.